The average molecular weight is 245 g/mol. The summed E-state index contributed by atoms with van der Waals surface area (Å²) in [7, 11) is 0. The Balaban J connectivity index is 1.90. The van der Waals surface area contributed by atoms with E-state index in [0.29, 0.717) is 13.0 Å². The Hall–Kier alpha value is -1.68. The molecule has 4 heteroatoms. The van der Waals surface area contributed by atoms with Crippen LogP contribution in [0.1, 0.15) is 24.5 Å². The maximum absolute atomic E-state index is 10.3. The molecule has 0 bridgehead atoms. The first kappa shape index (κ1) is 12.8. The number of benzene rings is 1. The minimum absolute atomic E-state index is 0.471. The zero-order valence-electron chi connectivity index (χ0n) is 10.9. The second-order valence-corrected chi connectivity index (χ2v) is 5.08. The zero-order valence-corrected chi connectivity index (χ0v) is 10.9. The molecule has 2 rings (SSSR count). The molecule has 0 aliphatic heterocycles. The fourth-order valence-electron chi connectivity index (χ4n) is 1.91. The van der Waals surface area contributed by atoms with Gasteiger partial charge in [-0.1, -0.05) is 29.8 Å². The van der Waals surface area contributed by atoms with E-state index in [9.17, 15) is 5.11 Å². The highest BCUT2D eigenvalue weighted by molar-refractivity contribution is 5.21. The quantitative estimate of drug-likeness (QED) is 0.876. The van der Waals surface area contributed by atoms with Crippen LogP contribution in [0.2, 0.25) is 0 Å². The van der Waals surface area contributed by atoms with Gasteiger partial charge in [-0.2, -0.15) is 5.10 Å². The molecule has 0 amide bonds. The van der Waals surface area contributed by atoms with Crippen molar-refractivity contribution in [1.29, 1.82) is 0 Å². The van der Waals surface area contributed by atoms with Crippen LogP contribution in [0.5, 0.6) is 0 Å². The van der Waals surface area contributed by atoms with Gasteiger partial charge in [0.05, 0.1) is 12.1 Å². The van der Waals surface area contributed by atoms with Crippen LogP contribution in [-0.2, 0) is 13.0 Å². The van der Waals surface area contributed by atoms with Gasteiger partial charge in [-0.3, -0.25) is 4.68 Å². The summed E-state index contributed by atoms with van der Waals surface area (Å²) in [6, 6.07) is 8.42. The van der Waals surface area contributed by atoms with Gasteiger partial charge in [-0.15, -0.1) is 0 Å². The predicted octanol–water partition coefficient (Wildman–Crippen LogP) is 1.97. The van der Waals surface area contributed by atoms with Gasteiger partial charge in [0, 0.05) is 0 Å². The molecule has 1 heterocycles. The first-order valence-corrected chi connectivity index (χ1v) is 6.15. The van der Waals surface area contributed by atoms with Crippen molar-refractivity contribution in [3.8, 4) is 0 Å². The Morgan fingerprint density at radius 1 is 1.28 bits per heavy atom. The fraction of sp³-hybridized carbons (Fsp3) is 0.429. The van der Waals surface area contributed by atoms with Crippen molar-refractivity contribution >= 4 is 0 Å². The van der Waals surface area contributed by atoms with Gasteiger partial charge in [0.1, 0.15) is 12.7 Å². The molecule has 96 valence electrons. The average Bonchev–Trinajstić information content (AvgIpc) is 2.80. The summed E-state index contributed by atoms with van der Waals surface area (Å²) < 4.78 is 1.66. The van der Waals surface area contributed by atoms with Gasteiger partial charge in [0.25, 0.3) is 0 Å². The summed E-state index contributed by atoms with van der Waals surface area (Å²) in [6.07, 6.45) is 4.67. The standard InChI is InChI=1S/C14H19N3O/c1-12-3-5-13(6-4-12)7-8-14(2,18)9-17-11-15-10-16-17/h3-6,10-11,18H,7-9H2,1-2H3. The number of rotatable bonds is 5. The van der Waals surface area contributed by atoms with E-state index in [1.54, 1.807) is 11.0 Å². The molecule has 4 nitrogen and oxygen atoms in total. The molecule has 18 heavy (non-hydrogen) atoms. The van der Waals surface area contributed by atoms with E-state index in [1.165, 1.54) is 17.5 Å². The molecule has 0 spiro atoms. The van der Waals surface area contributed by atoms with E-state index in [0.717, 1.165) is 6.42 Å². The lowest BCUT2D eigenvalue weighted by Crippen LogP contribution is -2.31. The molecule has 1 unspecified atom stereocenters. The van der Waals surface area contributed by atoms with Gasteiger partial charge in [0.2, 0.25) is 0 Å². The molecule has 0 saturated heterocycles. The Morgan fingerprint density at radius 3 is 2.61 bits per heavy atom. The zero-order chi connectivity index (χ0) is 13.0. The van der Waals surface area contributed by atoms with Crippen LogP contribution in [0.4, 0.5) is 0 Å². The highest BCUT2D eigenvalue weighted by Crippen LogP contribution is 2.16. The molecule has 1 atom stereocenters. The molecule has 0 aliphatic rings. The highest BCUT2D eigenvalue weighted by atomic mass is 16.3. The number of hydrogen-bond acceptors (Lipinski definition) is 3. The Labute approximate surface area is 107 Å². The lowest BCUT2D eigenvalue weighted by molar-refractivity contribution is 0.0299. The Bertz CT molecular complexity index is 474. The summed E-state index contributed by atoms with van der Waals surface area (Å²) >= 11 is 0. The summed E-state index contributed by atoms with van der Waals surface area (Å²) in [6.45, 7) is 4.38. The SMILES string of the molecule is Cc1ccc(CCC(C)(O)Cn2cncn2)cc1. The van der Waals surface area contributed by atoms with Gasteiger partial charge in [-0.25, -0.2) is 4.98 Å². The van der Waals surface area contributed by atoms with E-state index >= 15 is 0 Å². The number of aliphatic hydroxyl groups is 1. The third-order valence-electron chi connectivity index (χ3n) is 3.04. The van der Waals surface area contributed by atoms with Gasteiger partial charge < -0.3 is 5.11 Å². The number of aryl methyl sites for hydroxylation is 2. The van der Waals surface area contributed by atoms with Gasteiger partial charge in [0.15, 0.2) is 0 Å². The fourth-order valence-corrected chi connectivity index (χ4v) is 1.91. The second kappa shape index (κ2) is 5.31. The van der Waals surface area contributed by atoms with Crippen LogP contribution >= 0.6 is 0 Å². The summed E-state index contributed by atoms with van der Waals surface area (Å²) in [5.74, 6) is 0. The maximum Gasteiger partial charge on any atom is 0.137 e. The van der Waals surface area contributed by atoms with Crippen molar-refractivity contribution in [1.82, 2.24) is 14.8 Å². The first-order valence-electron chi connectivity index (χ1n) is 6.15. The van der Waals surface area contributed by atoms with Crippen molar-refractivity contribution in [2.75, 3.05) is 0 Å². The molecular weight excluding hydrogens is 226 g/mol. The van der Waals surface area contributed by atoms with Crippen LogP contribution < -0.4 is 0 Å². The maximum atomic E-state index is 10.3. The van der Waals surface area contributed by atoms with E-state index in [2.05, 4.69) is 41.3 Å². The Morgan fingerprint density at radius 2 is 2.00 bits per heavy atom. The second-order valence-electron chi connectivity index (χ2n) is 5.08. The van der Waals surface area contributed by atoms with Crippen molar-refractivity contribution in [3.63, 3.8) is 0 Å². The third kappa shape index (κ3) is 3.67. The number of nitrogens with zero attached hydrogens (tertiary/aromatic N) is 3. The molecule has 0 radical (unpaired) electrons. The summed E-state index contributed by atoms with van der Waals surface area (Å²) in [5, 5.41) is 14.3. The van der Waals surface area contributed by atoms with Crippen molar-refractivity contribution < 1.29 is 5.11 Å². The number of aromatic nitrogens is 3. The number of hydrogen-bond donors (Lipinski definition) is 1. The third-order valence-corrected chi connectivity index (χ3v) is 3.04. The van der Waals surface area contributed by atoms with Crippen LogP contribution in [0, 0.1) is 6.92 Å². The van der Waals surface area contributed by atoms with E-state index < -0.39 is 5.60 Å². The topological polar surface area (TPSA) is 50.9 Å². The molecule has 1 aromatic carbocycles. The van der Waals surface area contributed by atoms with Crippen LogP contribution in [0.25, 0.3) is 0 Å². The molecule has 1 aromatic heterocycles. The minimum atomic E-state index is -0.765. The molecule has 0 aliphatic carbocycles. The summed E-state index contributed by atoms with van der Waals surface area (Å²) in [4.78, 5) is 3.88. The predicted molar refractivity (Wildman–Crippen MR) is 70.1 cm³/mol. The minimum Gasteiger partial charge on any atom is -0.388 e. The van der Waals surface area contributed by atoms with E-state index in [-0.39, 0.29) is 0 Å². The molecule has 1 N–H and O–H groups in total. The molecule has 2 aromatic rings. The van der Waals surface area contributed by atoms with Crippen molar-refractivity contribution in [2.24, 2.45) is 0 Å². The lowest BCUT2D eigenvalue weighted by Gasteiger charge is -2.22. The highest BCUT2D eigenvalue weighted by Gasteiger charge is 2.21. The van der Waals surface area contributed by atoms with Crippen LogP contribution in [0.15, 0.2) is 36.9 Å². The lowest BCUT2D eigenvalue weighted by atomic mass is 9.96. The van der Waals surface area contributed by atoms with Gasteiger partial charge in [-0.05, 0) is 32.3 Å². The van der Waals surface area contributed by atoms with E-state index in [1.807, 2.05) is 6.92 Å². The van der Waals surface area contributed by atoms with Crippen LogP contribution in [0.3, 0.4) is 0 Å². The smallest absolute Gasteiger partial charge is 0.137 e. The van der Waals surface area contributed by atoms with Gasteiger partial charge >= 0.3 is 0 Å². The first-order chi connectivity index (χ1) is 8.55. The largest absolute Gasteiger partial charge is 0.388 e. The normalized spacial score (nSPS) is 14.4. The van der Waals surface area contributed by atoms with Crippen molar-refractivity contribution in [2.45, 2.75) is 38.8 Å². The Kier molecular flexibility index (Phi) is 3.77. The molecule has 0 fully saturated rings. The van der Waals surface area contributed by atoms with E-state index in [4.69, 9.17) is 0 Å². The molecular formula is C14H19N3O. The monoisotopic (exact) mass is 245 g/mol. The van der Waals surface area contributed by atoms with Crippen molar-refractivity contribution in [3.05, 3.63) is 48.0 Å². The summed E-state index contributed by atoms with van der Waals surface area (Å²) in [5.41, 5.74) is 1.74. The molecule has 0 saturated carbocycles. The van der Waals surface area contributed by atoms with Crippen LogP contribution in [-0.4, -0.2) is 25.5 Å².